The van der Waals surface area contributed by atoms with E-state index in [1.807, 2.05) is 18.2 Å². The second-order valence-corrected chi connectivity index (χ2v) is 7.71. The van der Waals surface area contributed by atoms with Crippen molar-refractivity contribution in [1.82, 2.24) is 0 Å². The topological polar surface area (TPSA) is 75.8 Å². The Morgan fingerprint density at radius 1 is 1.07 bits per heavy atom. The highest BCUT2D eigenvalue weighted by molar-refractivity contribution is 8.19. The van der Waals surface area contributed by atoms with Crippen molar-refractivity contribution in [3.63, 3.8) is 0 Å². The number of benzene rings is 2. The van der Waals surface area contributed by atoms with Crippen LogP contribution >= 0.6 is 23.4 Å². The molecule has 0 saturated carbocycles. The molecule has 1 aromatic heterocycles. The summed E-state index contributed by atoms with van der Waals surface area (Å²) >= 11 is 7.30. The van der Waals surface area contributed by atoms with Crippen LogP contribution < -0.4 is 14.4 Å². The standard InChI is InChI=1S/C21H13ClN2O4S/c22-15-4-2-1-3-14(15)16-8-6-13(28-16)10-19-20(25)24(21(23)29-19)12-5-7-17-18(9-12)27-11-26-17/h1-10,23H,11H2/b19-10-,23-21?. The molecule has 2 aliphatic heterocycles. The van der Waals surface area contributed by atoms with Gasteiger partial charge in [0.25, 0.3) is 5.91 Å². The zero-order valence-corrected chi connectivity index (χ0v) is 16.4. The Labute approximate surface area is 175 Å². The number of amidine groups is 1. The molecule has 1 fully saturated rings. The lowest BCUT2D eigenvalue weighted by molar-refractivity contribution is -0.113. The molecule has 144 valence electrons. The lowest BCUT2D eigenvalue weighted by atomic mass is 10.2. The van der Waals surface area contributed by atoms with Crippen molar-refractivity contribution in [2.24, 2.45) is 0 Å². The first-order valence-corrected chi connectivity index (χ1v) is 9.86. The Balaban J connectivity index is 1.43. The van der Waals surface area contributed by atoms with Crippen LogP contribution in [0.5, 0.6) is 11.5 Å². The van der Waals surface area contributed by atoms with Gasteiger partial charge in [0.1, 0.15) is 11.5 Å². The van der Waals surface area contributed by atoms with Crippen molar-refractivity contribution in [2.75, 3.05) is 11.7 Å². The van der Waals surface area contributed by atoms with Crippen LogP contribution in [0.1, 0.15) is 5.76 Å². The maximum atomic E-state index is 12.9. The molecule has 0 bridgehead atoms. The Hall–Kier alpha value is -3.16. The molecule has 0 atom stereocenters. The number of ether oxygens (including phenoxy) is 2. The second kappa shape index (κ2) is 7.02. The van der Waals surface area contributed by atoms with Crippen LogP contribution in [0.2, 0.25) is 5.02 Å². The number of hydrogen-bond acceptors (Lipinski definition) is 6. The highest BCUT2D eigenvalue weighted by atomic mass is 35.5. The molecule has 0 unspecified atom stereocenters. The number of halogens is 1. The maximum Gasteiger partial charge on any atom is 0.271 e. The van der Waals surface area contributed by atoms with E-state index < -0.39 is 0 Å². The normalized spacial score (nSPS) is 16.9. The van der Waals surface area contributed by atoms with E-state index in [0.29, 0.717) is 38.6 Å². The summed E-state index contributed by atoms with van der Waals surface area (Å²) < 4.78 is 16.5. The summed E-state index contributed by atoms with van der Waals surface area (Å²) in [4.78, 5) is 14.6. The number of carbonyl (C=O) groups is 1. The molecular weight excluding hydrogens is 412 g/mol. The van der Waals surface area contributed by atoms with Gasteiger partial charge in [-0.15, -0.1) is 0 Å². The van der Waals surface area contributed by atoms with Crippen molar-refractivity contribution in [3.05, 3.63) is 70.3 Å². The molecule has 8 heteroatoms. The van der Waals surface area contributed by atoms with E-state index in [1.165, 1.54) is 4.90 Å². The van der Waals surface area contributed by atoms with Crippen LogP contribution in [0.4, 0.5) is 5.69 Å². The molecule has 1 N–H and O–H groups in total. The number of nitrogens with one attached hydrogen (secondary N) is 1. The quantitative estimate of drug-likeness (QED) is 0.571. The van der Waals surface area contributed by atoms with Crippen LogP contribution in [0.15, 0.2) is 63.9 Å². The molecular formula is C21H13ClN2O4S. The van der Waals surface area contributed by atoms with Gasteiger partial charge in [-0.05, 0) is 48.2 Å². The SMILES string of the molecule is N=C1S/C(=C\c2ccc(-c3ccccc3Cl)o2)C(=O)N1c1ccc2c(c1)OCO2. The Morgan fingerprint density at radius 2 is 1.90 bits per heavy atom. The van der Waals surface area contributed by atoms with Crippen LogP contribution in [-0.4, -0.2) is 17.9 Å². The van der Waals surface area contributed by atoms with Gasteiger partial charge in [-0.25, -0.2) is 0 Å². The predicted octanol–water partition coefficient (Wildman–Crippen LogP) is 5.38. The van der Waals surface area contributed by atoms with E-state index in [4.69, 9.17) is 30.9 Å². The molecule has 6 nitrogen and oxygen atoms in total. The van der Waals surface area contributed by atoms with Gasteiger partial charge < -0.3 is 13.9 Å². The van der Waals surface area contributed by atoms with Gasteiger partial charge in [-0.3, -0.25) is 15.1 Å². The fourth-order valence-corrected chi connectivity index (χ4v) is 4.18. The minimum absolute atomic E-state index is 0.109. The van der Waals surface area contributed by atoms with Gasteiger partial charge in [-0.2, -0.15) is 0 Å². The Kier molecular flexibility index (Phi) is 4.34. The Morgan fingerprint density at radius 3 is 2.76 bits per heavy atom. The Bertz CT molecular complexity index is 1190. The molecule has 1 saturated heterocycles. The third-order valence-electron chi connectivity index (χ3n) is 4.48. The summed E-state index contributed by atoms with van der Waals surface area (Å²) in [5.41, 5.74) is 1.33. The largest absolute Gasteiger partial charge is 0.457 e. The average Bonchev–Trinajstić information content (AvgIpc) is 3.42. The fraction of sp³-hybridized carbons (Fsp3) is 0.0476. The third kappa shape index (κ3) is 3.18. The van der Waals surface area contributed by atoms with Crippen molar-refractivity contribution in [2.45, 2.75) is 0 Å². The number of rotatable bonds is 3. The molecule has 2 aromatic carbocycles. The summed E-state index contributed by atoms with van der Waals surface area (Å²) in [5.74, 6) is 2.00. The van der Waals surface area contributed by atoms with Crippen molar-refractivity contribution >= 4 is 46.2 Å². The average molecular weight is 425 g/mol. The number of amides is 1. The monoisotopic (exact) mass is 424 g/mol. The molecule has 2 aliphatic rings. The summed E-state index contributed by atoms with van der Waals surface area (Å²) in [5, 5.41) is 8.94. The lowest BCUT2D eigenvalue weighted by Crippen LogP contribution is -2.28. The molecule has 3 aromatic rings. The van der Waals surface area contributed by atoms with Crippen LogP contribution in [-0.2, 0) is 4.79 Å². The van der Waals surface area contributed by atoms with E-state index in [2.05, 4.69) is 0 Å². The van der Waals surface area contributed by atoms with E-state index in [-0.39, 0.29) is 17.9 Å². The third-order valence-corrected chi connectivity index (χ3v) is 5.70. The smallest absolute Gasteiger partial charge is 0.271 e. The molecule has 5 rings (SSSR count). The highest BCUT2D eigenvalue weighted by Crippen LogP contribution is 2.40. The van der Waals surface area contributed by atoms with Gasteiger partial charge in [-0.1, -0.05) is 23.7 Å². The first kappa shape index (κ1) is 17.9. The molecule has 29 heavy (non-hydrogen) atoms. The van der Waals surface area contributed by atoms with Gasteiger partial charge in [0.2, 0.25) is 6.79 Å². The highest BCUT2D eigenvalue weighted by Gasteiger charge is 2.34. The minimum Gasteiger partial charge on any atom is -0.457 e. The van der Waals surface area contributed by atoms with Gasteiger partial charge >= 0.3 is 0 Å². The van der Waals surface area contributed by atoms with Crippen molar-refractivity contribution in [3.8, 4) is 22.8 Å². The van der Waals surface area contributed by atoms with E-state index in [0.717, 1.165) is 17.3 Å². The summed E-state index contributed by atoms with van der Waals surface area (Å²) in [6, 6.07) is 16.1. The number of furan rings is 1. The number of anilines is 1. The number of fused-ring (bicyclic) bond motifs is 1. The summed E-state index contributed by atoms with van der Waals surface area (Å²) in [7, 11) is 0. The van der Waals surface area contributed by atoms with E-state index >= 15 is 0 Å². The zero-order valence-electron chi connectivity index (χ0n) is 14.8. The van der Waals surface area contributed by atoms with Gasteiger partial charge in [0.15, 0.2) is 16.7 Å². The number of hydrogen-bond donors (Lipinski definition) is 1. The predicted molar refractivity (Wildman–Crippen MR) is 112 cm³/mol. The second-order valence-electron chi connectivity index (χ2n) is 6.28. The number of carbonyl (C=O) groups excluding carboxylic acids is 1. The van der Waals surface area contributed by atoms with Crippen LogP contribution in [0.25, 0.3) is 17.4 Å². The fourth-order valence-electron chi connectivity index (χ4n) is 3.11. The summed E-state index contributed by atoms with van der Waals surface area (Å²) in [6.45, 7) is 0.149. The molecule has 0 radical (unpaired) electrons. The van der Waals surface area contributed by atoms with Crippen LogP contribution in [0.3, 0.4) is 0 Å². The first-order valence-electron chi connectivity index (χ1n) is 8.67. The lowest BCUT2D eigenvalue weighted by Gasteiger charge is -2.14. The van der Waals surface area contributed by atoms with Gasteiger partial charge in [0.05, 0.1) is 15.6 Å². The zero-order chi connectivity index (χ0) is 20.0. The van der Waals surface area contributed by atoms with Crippen LogP contribution in [0, 0.1) is 5.41 Å². The minimum atomic E-state index is -0.297. The van der Waals surface area contributed by atoms with E-state index in [1.54, 1.807) is 42.5 Å². The maximum absolute atomic E-state index is 12.9. The first-order chi connectivity index (χ1) is 14.1. The number of nitrogens with zero attached hydrogens (tertiary/aromatic N) is 1. The number of thioether (sulfide) groups is 1. The molecule has 1 amide bonds. The molecule has 3 heterocycles. The van der Waals surface area contributed by atoms with Crippen molar-refractivity contribution in [1.29, 1.82) is 5.41 Å². The van der Waals surface area contributed by atoms with Gasteiger partial charge in [0, 0.05) is 17.7 Å². The summed E-state index contributed by atoms with van der Waals surface area (Å²) in [6.07, 6.45) is 1.63. The van der Waals surface area contributed by atoms with Crippen molar-refractivity contribution < 1.29 is 18.7 Å². The molecule has 0 aliphatic carbocycles. The van der Waals surface area contributed by atoms with E-state index in [9.17, 15) is 4.79 Å². The molecule has 0 spiro atoms.